The Labute approximate surface area is 154 Å². The Balaban J connectivity index is 1.84. The number of nitrogens with one attached hydrogen (secondary N) is 1. The molecule has 6 nitrogen and oxygen atoms in total. The number of nitro benzene ring substituents is 1. The number of carbonyl (C=O) groups excluding carboxylic acids is 1. The Morgan fingerprint density at radius 3 is 2.46 bits per heavy atom. The smallest absolute Gasteiger partial charge is 0.273 e. The van der Waals surface area contributed by atoms with Gasteiger partial charge in [-0.15, -0.1) is 11.3 Å². The molecule has 1 N–H and O–H groups in total. The molecular formula is C19H17N3O3S. The van der Waals surface area contributed by atoms with E-state index in [-0.39, 0.29) is 11.3 Å². The molecule has 0 spiro atoms. The van der Waals surface area contributed by atoms with Crippen molar-refractivity contribution in [3.8, 4) is 11.3 Å². The molecule has 132 valence electrons. The van der Waals surface area contributed by atoms with Crippen molar-refractivity contribution >= 4 is 28.1 Å². The topological polar surface area (TPSA) is 85.1 Å². The third-order valence-corrected chi connectivity index (χ3v) is 4.90. The summed E-state index contributed by atoms with van der Waals surface area (Å²) in [5, 5.41) is 14.2. The van der Waals surface area contributed by atoms with Gasteiger partial charge in [-0.3, -0.25) is 20.2 Å². The van der Waals surface area contributed by atoms with Crippen LogP contribution in [0.3, 0.4) is 0 Å². The Hall–Kier alpha value is -3.06. The number of nitro groups is 1. The van der Waals surface area contributed by atoms with Crippen LogP contribution in [0.15, 0.2) is 42.5 Å². The van der Waals surface area contributed by atoms with E-state index in [1.165, 1.54) is 17.4 Å². The number of amides is 1. The van der Waals surface area contributed by atoms with Crippen LogP contribution in [0, 0.1) is 30.9 Å². The molecule has 0 saturated heterocycles. The summed E-state index contributed by atoms with van der Waals surface area (Å²) in [6.07, 6.45) is 0. The lowest BCUT2D eigenvalue weighted by Gasteiger charge is -2.03. The first kappa shape index (κ1) is 17.8. The maximum atomic E-state index is 12.4. The van der Waals surface area contributed by atoms with Gasteiger partial charge in [0, 0.05) is 27.6 Å². The van der Waals surface area contributed by atoms with Crippen molar-refractivity contribution in [3.05, 3.63) is 74.1 Å². The van der Waals surface area contributed by atoms with Crippen molar-refractivity contribution < 1.29 is 9.72 Å². The molecule has 26 heavy (non-hydrogen) atoms. The van der Waals surface area contributed by atoms with E-state index in [0.29, 0.717) is 10.7 Å². The highest BCUT2D eigenvalue weighted by Gasteiger charge is 2.17. The molecule has 1 amide bonds. The van der Waals surface area contributed by atoms with E-state index < -0.39 is 10.8 Å². The minimum atomic E-state index is -0.491. The van der Waals surface area contributed by atoms with Crippen LogP contribution in [-0.4, -0.2) is 15.8 Å². The van der Waals surface area contributed by atoms with E-state index in [2.05, 4.69) is 10.3 Å². The lowest BCUT2D eigenvalue weighted by molar-refractivity contribution is -0.385. The van der Waals surface area contributed by atoms with Crippen molar-refractivity contribution in [1.82, 2.24) is 4.98 Å². The number of benzene rings is 2. The molecule has 1 heterocycles. The van der Waals surface area contributed by atoms with Crippen LogP contribution in [0.1, 0.15) is 26.4 Å². The fourth-order valence-corrected chi connectivity index (χ4v) is 3.38. The summed E-state index contributed by atoms with van der Waals surface area (Å²) in [6, 6.07) is 12.4. The summed E-state index contributed by atoms with van der Waals surface area (Å²) in [5.41, 5.74) is 3.63. The van der Waals surface area contributed by atoms with Crippen LogP contribution >= 0.6 is 11.3 Å². The van der Waals surface area contributed by atoms with Gasteiger partial charge in [-0.05, 0) is 26.8 Å². The number of anilines is 1. The molecule has 0 radical (unpaired) electrons. The van der Waals surface area contributed by atoms with Gasteiger partial charge in [0.1, 0.15) is 0 Å². The fraction of sp³-hybridized carbons (Fsp3) is 0.158. The van der Waals surface area contributed by atoms with Crippen molar-refractivity contribution in [3.63, 3.8) is 0 Å². The van der Waals surface area contributed by atoms with Gasteiger partial charge in [-0.2, -0.15) is 0 Å². The zero-order valence-electron chi connectivity index (χ0n) is 14.6. The lowest BCUT2D eigenvalue weighted by atomic mass is 10.1. The van der Waals surface area contributed by atoms with E-state index in [4.69, 9.17) is 0 Å². The van der Waals surface area contributed by atoms with Crippen molar-refractivity contribution in [2.24, 2.45) is 0 Å². The third-order valence-electron chi connectivity index (χ3n) is 4.01. The van der Waals surface area contributed by atoms with Crippen LogP contribution < -0.4 is 5.32 Å². The summed E-state index contributed by atoms with van der Waals surface area (Å²) in [4.78, 5) is 28.5. The predicted molar refractivity (Wildman–Crippen MR) is 103 cm³/mol. The second kappa shape index (κ2) is 7.05. The quantitative estimate of drug-likeness (QED) is 0.525. The Kier molecular flexibility index (Phi) is 4.81. The Morgan fingerprint density at radius 1 is 1.12 bits per heavy atom. The highest BCUT2D eigenvalue weighted by molar-refractivity contribution is 7.16. The number of nitrogens with zero attached hydrogens (tertiary/aromatic N) is 2. The largest absolute Gasteiger partial charge is 0.298 e. The highest BCUT2D eigenvalue weighted by atomic mass is 32.1. The van der Waals surface area contributed by atoms with Gasteiger partial charge in [0.2, 0.25) is 0 Å². The maximum Gasteiger partial charge on any atom is 0.273 e. The lowest BCUT2D eigenvalue weighted by Crippen LogP contribution is -2.12. The highest BCUT2D eigenvalue weighted by Crippen LogP contribution is 2.31. The second-order valence-corrected chi connectivity index (χ2v) is 7.21. The fourth-order valence-electron chi connectivity index (χ4n) is 2.55. The second-order valence-electron chi connectivity index (χ2n) is 6.00. The van der Waals surface area contributed by atoms with Gasteiger partial charge in [-0.1, -0.05) is 35.9 Å². The average molecular weight is 367 g/mol. The minimum absolute atomic E-state index is 0.0756. The monoisotopic (exact) mass is 367 g/mol. The normalized spacial score (nSPS) is 10.6. The molecule has 7 heteroatoms. The van der Waals surface area contributed by atoms with Crippen LogP contribution in [-0.2, 0) is 0 Å². The molecular weight excluding hydrogens is 350 g/mol. The summed E-state index contributed by atoms with van der Waals surface area (Å²) in [5.74, 6) is -0.419. The average Bonchev–Trinajstić information content (AvgIpc) is 2.96. The van der Waals surface area contributed by atoms with E-state index in [1.807, 2.05) is 38.1 Å². The van der Waals surface area contributed by atoms with Crippen LogP contribution in [0.5, 0.6) is 0 Å². The van der Waals surface area contributed by atoms with Gasteiger partial charge >= 0.3 is 0 Å². The molecule has 0 saturated carbocycles. The minimum Gasteiger partial charge on any atom is -0.298 e. The standard InChI is InChI=1S/C19H17N3O3S/c1-11-4-7-14(8-5-11)17-13(3)26-19(20-17)21-18(23)15-9-6-12(2)16(10-15)22(24)25/h4-10H,1-3H3,(H,20,21,23). The summed E-state index contributed by atoms with van der Waals surface area (Å²) < 4.78 is 0. The number of carbonyl (C=O) groups is 1. The summed E-state index contributed by atoms with van der Waals surface area (Å²) >= 11 is 1.37. The number of aryl methyl sites for hydroxylation is 3. The number of aromatic nitrogens is 1. The molecule has 0 aliphatic carbocycles. The van der Waals surface area contributed by atoms with Crippen molar-refractivity contribution in [2.75, 3.05) is 5.32 Å². The summed E-state index contributed by atoms with van der Waals surface area (Å²) in [6.45, 7) is 5.60. The molecule has 3 aromatic rings. The number of hydrogen-bond acceptors (Lipinski definition) is 5. The van der Waals surface area contributed by atoms with Gasteiger partial charge in [0.05, 0.1) is 10.6 Å². The van der Waals surface area contributed by atoms with E-state index in [9.17, 15) is 14.9 Å². The molecule has 0 unspecified atom stereocenters. The van der Waals surface area contributed by atoms with Crippen molar-refractivity contribution in [1.29, 1.82) is 0 Å². The molecule has 0 atom stereocenters. The van der Waals surface area contributed by atoms with Crippen molar-refractivity contribution in [2.45, 2.75) is 20.8 Å². The van der Waals surface area contributed by atoms with Crippen LogP contribution in [0.25, 0.3) is 11.3 Å². The molecule has 3 rings (SSSR count). The van der Waals surface area contributed by atoms with Gasteiger partial charge < -0.3 is 0 Å². The van der Waals surface area contributed by atoms with Gasteiger partial charge in [0.15, 0.2) is 5.13 Å². The zero-order valence-corrected chi connectivity index (χ0v) is 15.4. The van der Waals surface area contributed by atoms with E-state index in [1.54, 1.807) is 19.1 Å². The first-order valence-electron chi connectivity index (χ1n) is 7.96. The first-order chi connectivity index (χ1) is 12.3. The Bertz CT molecular complexity index is 994. The molecule has 1 aromatic heterocycles. The van der Waals surface area contributed by atoms with Gasteiger partial charge in [-0.25, -0.2) is 4.98 Å². The van der Waals surface area contributed by atoms with Crippen LogP contribution in [0.2, 0.25) is 0 Å². The molecule has 0 bridgehead atoms. The zero-order chi connectivity index (χ0) is 18.8. The van der Waals surface area contributed by atoms with Crippen LogP contribution in [0.4, 0.5) is 10.8 Å². The number of rotatable bonds is 4. The van der Waals surface area contributed by atoms with Gasteiger partial charge in [0.25, 0.3) is 11.6 Å². The third kappa shape index (κ3) is 3.62. The molecule has 0 aliphatic heterocycles. The van der Waals surface area contributed by atoms with E-state index >= 15 is 0 Å². The first-order valence-corrected chi connectivity index (χ1v) is 8.77. The molecule has 0 fully saturated rings. The summed E-state index contributed by atoms with van der Waals surface area (Å²) in [7, 11) is 0. The number of thiazole rings is 1. The SMILES string of the molecule is Cc1ccc(-c2nc(NC(=O)c3ccc(C)c([N+](=O)[O-])c3)sc2C)cc1. The van der Waals surface area contributed by atoms with E-state index in [0.717, 1.165) is 21.7 Å². The molecule has 2 aromatic carbocycles. The predicted octanol–water partition coefficient (Wildman–Crippen LogP) is 4.90. The molecule has 0 aliphatic rings. The maximum absolute atomic E-state index is 12.4. The number of hydrogen-bond donors (Lipinski definition) is 1. The Morgan fingerprint density at radius 2 is 1.81 bits per heavy atom.